The Labute approximate surface area is 149 Å². The molecule has 1 aliphatic rings. The minimum absolute atomic E-state index is 0.159. The molecule has 1 heterocycles. The second-order valence-electron chi connectivity index (χ2n) is 7.21. The first kappa shape index (κ1) is 15.8. The molecule has 3 aromatic carbocycles. The zero-order valence-electron chi connectivity index (χ0n) is 14.7. The Morgan fingerprint density at radius 2 is 1.64 bits per heavy atom. The smallest absolute Gasteiger partial charge is 0.139 e. The lowest BCUT2D eigenvalue weighted by atomic mass is 9.68. The average molecular weight is 329 g/mol. The number of rotatable bonds is 2. The number of aryl methyl sites for hydroxylation is 1. The Morgan fingerprint density at radius 1 is 0.920 bits per heavy atom. The quantitative estimate of drug-likeness (QED) is 0.603. The molecule has 2 N–H and O–H groups in total. The highest BCUT2D eigenvalue weighted by Gasteiger charge is 2.39. The summed E-state index contributed by atoms with van der Waals surface area (Å²) in [6, 6.07) is 25.2. The first-order valence-electron chi connectivity index (χ1n) is 8.79. The van der Waals surface area contributed by atoms with Crippen molar-refractivity contribution in [2.45, 2.75) is 31.7 Å². The van der Waals surface area contributed by atoms with Crippen LogP contribution < -0.4 is 5.32 Å². The highest BCUT2D eigenvalue weighted by Crippen LogP contribution is 2.50. The van der Waals surface area contributed by atoms with Crippen molar-refractivity contribution in [1.82, 2.24) is 0 Å². The lowest BCUT2D eigenvalue weighted by molar-refractivity contribution is 0.438. The number of para-hydroxylation sites is 1. The fourth-order valence-corrected chi connectivity index (χ4v) is 3.98. The molecule has 0 aliphatic carbocycles. The van der Waals surface area contributed by atoms with Crippen LogP contribution >= 0.6 is 0 Å². The van der Waals surface area contributed by atoms with E-state index in [-0.39, 0.29) is 11.5 Å². The number of hydrogen-bond donors (Lipinski definition) is 2. The summed E-state index contributed by atoms with van der Waals surface area (Å²) in [5, 5.41) is 14.0. The molecule has 4 rings (SSSR count). The number of fused-ring (bicyclic) bond motifs is 1. The third-order valence-electron chi connectivity index (χ3n) is 5.46. The van der Waals surface area contributed by atoms with Gasteiger partial charge < -0.3 is 10.4 Å². The summed E-state index contributed by atoms with van der Waals surface area (Å²) in [6.45, 7) is 4.40. The van der Waals surface area contributed by atoms with Crippen LogP contribution in [-0.2, 0) is 5.41 Å². The van der Waals surface area contributed by atoms with Crippen LogP contribution in [0.25, 0.3) is 0 Å². The van der Waals surface area contributed by atoms with E-state index in [2.05, 4.69) is 73.8 Å². The van der Waals surface area contributed by atoms with Gasteiger partial charge in [-0.05, 0) is 36.1 Å². The van der Waals surface area contributed by atoms with Crippen LogP contribution in [0.15, 0.2) is 72.8 Å². The number of hydrogen-bond acceptors (Lipinski definition) is 2. The molecule has 0 fully saturated rings. The fourth-order valence-electron chi connectivity index (χ4n) is 3.98. The highest BCUT2D eigenvalue weighted by molar-refractivity contribution is 5.68. The Kier molecular flexibility index (Phi) is 3.76. The molecule has 0 aromatic heterocycles. The van der Waals surface area contributed by atoms with Crippen LogP contribution in [0.3, 0.4) is 0 Å². The normalized spacial score (nSPS) is 22.1. The molecule has 0 spiro atoms. The third kappa shape index (κ3) is 2.68. The lowest BCUT2D eigenvalue weighted by Crippen LogP contribution is -2.34. The van der Waals surface area contributed by atoms with Crippen molar-refractivity contribution in [3.8, 4) is 5.75 Å². The molecule has 0 bridgehead atoms. The number of phenolic OH excluding ortho intramolecular Hbond substituents is 1. The minimum atomic E-state index is -0.159. The van der Waals surface area contributed by atoms with E-state index < -0.39 is 0 Å². The van der Waals surface area contributed by atoms with E-state index >= 15 is 0 Å². The summed E-state index contributed by atoms with van der Waals surface area (Å²) in [5.41, 5.74) is 5.64. The standard InChI is InChI=1S/C23H23NO/c1-16-11-13-18(14-12-16)23(2)15-20(17-7-4-3-5-8-17)24-22-19(23)9-6-10-21(22)25/h3-14,20,24-25H,15H2,1-2H3/t20-,23-/m0/s1. The van der Waals surface area contributed by atoms with Gasteiger partial charge in [0.05, 0.1) is 11.7 Å². The zero-order valence-corrected chi connectivity index (χ0v) is 14.7. The topological polar surface area (TPSA) is 32.3 Å². The van der Waals surface area contributed by atoms with Crippen molar-refractivity contribution in [1.29, 1.82) is 0 Å². The molecular formula is C23H23NO. The van der Waals surface area contributed by atoms with Crippen LogP contribution in [0, 0.1) is 6.92 Å². The Hall–Kier alpha value is -2.74. The van der Waals surface area contributed by atoms with E-state index in [9.17, 15) is 5.11 Å². The van der Waals surface area contributed by atoms with Crippen LogP contribution in [0.2, 0.25) is 0 Å². The van der Waals surface area contributed by atoms with Crippen LogP contribution in [0.1, 0.15) is 41.6 Å². The summed E-state index contributed by atoms with van der Waals surface area (Å²) in [4.78, 5) is 0. The van der Waals surface area contributed by atoms with E-state index in [0.717, 1.165) is 17.7 Å². The molecule has 0 radical (unpaired) electrons. The van der Waals surface area contributed by atoms with E-state index in [1.54, 1.807) is 6.07 Å². The molecule has 3 aromatic rings. The monoisotopic (exact) mass is 329 g/mol. The summed E-state index contributed by atoms with van der Waals surface area (Å²) >= 11 is 0. The molecule has 126 valence electrons. The van der Waals surface area contributed by atoms with E-state index in [1.807, 2.05) is 12.1 Å². The average Bonchev–Trinajstić information content (AvgIpc) is 2.64. The van der Waals surface area contributed by atoms with Gasteiger partial charge in [0.1, 0.15) is 5.75 Å². The van der Waals surface area contributed by atoms with Gasteiger partial charge in [-0.25, -0.2) is 0 Å². The Bertz CT molecular complexity index is 886. The van der Waals surface area contributed by atoms with Crippen molar-refractivity contribution in [2.75, 3.05) is 5.32 Å². The number of aromatic hydroxyl groups is 1. The van der Waals surface area contributed by atoms with E-state index in [4.69, 9.17) is 0 Å². The van der Waals surface area contributed by atoms with Gasteiger partial charge in [-0.1, -0.05) is 79.2 Å². The highest BCUT2D eigenvalue weighted by atomic mass is 16.3. The number of phenols is 1. The fraction of sp³-hybridized carbons (Fsp3) is 0.217. The first-order valence-corrected chi connectivity index (χ1v) is 8.79. The van der Waals surface area contributed by atoms with Crippen molar-refractivity contribution in [3.05, 3.63) is 95.1 Å². The molecule has 0 saturated carbocycles. The van der Waals surface area contributed by atoms with Gasteiger partial charge in [0.15, 0.2) is 0 Å². The second kappa shape index (κ2) is 5.96. The number of benzene rings is 3. The molecule has 0 saturated heterocycles. The molecule has 2 atom stereocenters. The van der Waals surface area contributed by atoms with Crippen molar-refractivity contribution in [3.63, 3.8) is 0 Å². The molecule has 0 unspecified atom stereocenters. The maximum absolute atomic E-state index is 10.5. The molecule has 0 amide bonds. The van der Waals surface area contributed by atoms with Gasteiger partial charge in [-0.15, -0.1) is 0 Å². The van der Waals surface area contributed by atoms with Gasteiger partial charge in [0, 0.05) is 5.41 Å². The summed E-state index contributed by atoms with van der Waals surface area (Å²) in [5.74, 6) is 0.316. The predicted molar refractivity (Wildman–Crippen MR) is 103 cm³/mol. The zero-order chi connectivity index (χ0) is 17.4. The molecule has 1 aliphatic heterocycles. The van der Waals surface area contributed by atoms with Crippen LogP contribution in [-0.4, -0.2) is 5.11 Å². The SMILES string of the molecule is Cc1ccc([C@]2(C)C[C@@H](c3ccccc3)Nc3c(O)cccc32)cc1. The minimum Gasteiger partial charge on any atom is -0.506 e. The molecule has 2 heteroatoms. The van der Waals surface area contributed by atoms with Crippen molar-refractivity contribution in [2.24, 2.45) is 0 Å². The van der Waals surface area contributed by atoms with Gasteiger partial charge in [-0.2, -0.15) is 0 Å². The van der Waals surface area contributed by atoms with Gasteiger partial charge in [0.2, 0.25) is 0 Å². The lowest BCUT2D eigenvalue weighted by Gasteiger charge is -2.42. The summed E-state index contributed by atoms with van der Waals surface area (Å²) in [6.07, 6.45) is 0.941. The second-order valence-corrected chi connectivity index (χ2v) is 7.21. The van der Waals surface area contributed by atoms with Crippen molar-refractivity contribution < 1.29 is 5.11 Å². The number of anilines is 1. The van der Waals surface area contributed by atoms with E-state index in [0.29, 0.717) is 5.75 Å². The molecule has 25 heavy (non-hydrogen) atoms. The third-order valence-corrected chi connectivity index (χ3v) is 5.46. The predicted octanol–water partition coefficient (Wildman–Crippen LogP) is 5.56. The Balaban J connectivity index is 1.88. The molecular weight excluding hydrogens is 306 g/mol. The largest absolute Gasteiger partial charge is 0.506 e. The van der Waals surface area contributed by atoms with Gasteiger partial charge in [0.25, 0.3) is 0 Å². The van der Waals surface area contributed by atoms with Gasteiger partial charge in [-0.3, -0.25) is 0 Å². The maximum atomic E-state index is 10.5. The Morgan fingerprint density at radius 3 is 2.36 bits per heavy atom. The maximum Gasteiger partial charge on any atom is 0.139 e. The molecule has 2 nitrogen and oxygen atoms in total. The number of nitrogens with one attached hydrogen (secondary N) is 1. The van der Waals surface area contributed by atoms with E-state index in [1.165, 1.54) is 16.7 Å². The van der Waals surface area contributed by atoms with Crippen molar-refractivity contribution >= 4 is 5.69 Å². The summed E-state index contributed by atoms with van der Waals surface area (Å²) in [7, 11) is 0. The first-order chi connectivity index (χ1) is 12.1. The summed E-state index contributed by atoms with van der Waals surface area (Å²) < 4.78 is 0. The van der Waals surface area contributed by atoms with Gasteiger partial charge >= 0.3 is 0 Å². The van der Waals surface area contributed by atoms with Crippen LogP contribution in [0.4, 0.5) is 5.69 Å². The van der Waals surface area contributed by atoms with Crippen LogP contribution in [0.5, 0.6) is 5.75 Å².